The molecular weight excluding hydrogens is 454 g/mol. The van der Waals surface area contributed by atoms with Crippen LogP contribution in [-0.2, 0) is 10.8 Å². The Morgan fingerprint density at radius 1 is 1.17 bits per heavy atom. The van der Waals surface area contributed by atoms with Crippen LogP contribution in [0.1, 0.15) is 71.6 Å². The number of carbonyl (C=O) groups is 1. The summed E-state index contributed by atoms with van der Waals surface area (Å²) in [5.74, 6) is 0.463. The fourth-order valence-electron chi connectivity index (χ4n) is 5.12. The molecule has 0 aliphatic carbocycles. The van der Waals surface area contributed by atoms with E-state index in [0.29, 0.717) is 12.2 Å². The topological polar surface area (TPSA) is 88.7 Å². The first-order valence-electron chi connectivity index (χ1n) is 12.5. The summed E-state index contributed by atoms with van der Waals surface area (Å²) in [5.41, 5.74) is 6.93. The molecule has 3 atom stereocenters. The Morgan fingerprint density at radius 2 is 1.80 bits per heavy atom. The SMILES string of the molecule is CC(C)(C)[C@@]1(Cc2ccc(N)nc2)CC[C@H]([C@H](O[Si](C)(C)C(C)(C)C)c2ccccc2)N1C(=O)O. The molecule has 35 heavy (non-hydrogen) atoms. The summed E-state index contributed by atoms with van der Waals surface area (Å²) in [6, 6.07) is 13.6. The summed E-state index contributed by atoms with van der Waals surface area (Å²) in [7, 11) is -2.20. The minimum absolute atomic E-state index is 0.00342. The van der Waals surface area contributed by atoms with E-state index in [4.69, 9.17) is 10.2 Å². The highest BCUT2D eigenvalue weighted by Gasteiger charge is 2.58. The van der Waals surface area contributed by atoms with Crippen LogP contribution in [0.25, 0.3) is 0 Å². The van der Waals surface area contributed by atoms with Gasteiger partial charge in [-0.15, -0.1) is 0 Å². The summed E-state index contributed by atoms with van der Waals surface area (Å²) in [6.45, 7) is 17.6. The van der Waals surface area contributed by atoms with Crippen LogP contribution in [0, 0.1) is 5.41 Å². The molecule has 1 aliphatic rings. The maximum absolute atomic E-state index is 13.1. The van der Waals surface area contributed by atoms with Gasteiger partial charge in [-0.1, -0.05) is 77.9 Å². The lowest BCUT2D eigenvalue weighted by molar-refractivity contribution is -0.0148. The Morgan fingerprint density at radius 3 is 2.29 bits per heavy atom. The Kier molecular flexibility index (Phi) is 7.45. The summed E-state index contributed by atoms with van der Waals surface area (Å²) in [6.07, 6.45) is 2.61. The van der Waals surface area contributed by atoms with Crippen LogP contribution in [-0.4, -0.2) is 41.0 Å². The number of amides is 1. The van der Waals surface area contributed by atoms with Crippen molar-refractivity contribution in [1.29, 1.82) is 0 Å². The quantitative estimate of drug-likeness (QED) is 0.424. The van der Waals surface area contributed by atoms with Crippen molar-refractivity contribution in [3.8, 4) is 0 Å². The van der Waals surface area contributed by atoms with E-state index in [1.165, 1.54) is 0 Å². The summed E-state index contributed by atoms with van der Waals surface area (Å²) in [4.78, 5) is 19.1. The van der Waals surface area contributed by atoms with Crippen molar-refractivity contribution in [3.05, 3.63) is 59.8 Å². The number of pyridine rings is 1. The van der Waals surface area contributed by atoms with Gasteiger partial charge in [-0.3, -0.25) is 4.90 Å². The van der Waals surface area contributed by atoms with E-state index in [9.17, 15) is 9.90 Å². The van der Waals surface area contributed by atoms with Gasteiger partial charge in [0.1, 0.15) is 5.82 Å². The van der Waals surface area contributed by atoms with Crippen molar-refractivity contribution >= 4 is 20.2 Å². The van der Waals surface area contributed by atoms with Gasteiger partial charge in [-0.25, -0.2) is 9.78 Å². The van der Waals surface area contributed by atoms with Crippen molar-refractivity contribution in [2.45, 2.75) is 96.6 Å². The number of rotatable bonds is 6. The van der Waals surface area contributed by atoms with Crippen LogP contribution < -0.4 is 5.73 Å². The minimum atomic E-state index is -2.20. The van der Waals surface area contributed by atoms with E-state index in [0.717, 1.165) is 24.0 Å². The van der Waals surface area contributed by atoms with Crippen LogP contribution in [0.15, 0.2) is 48.7 Å². The average Bonchev–Trinajstić information content (AvgIpc) is 3.14. The Balaban J connectivity index is 2.12. The molecular formula is C28H43N3O3Si. The van der Waals surface area contributed by atoms with Crippen LogP contribution in [0.5, 0.6) is 0 Å². The van der Waals surface area contributed by atoms with Gasteiger partial charge in [-0.05, 0) is 60.0 Å². The first kappa shape index (κ1) is 27.2. The first-order valence-corrected chi connectivity index (χ1v) is 15.5. The monoisotopic (exact) mass is 497 g/mol. The summed E-state index contributed by atoms with van der Waals surface area (Å²) < 4.78 is 7.03. The summed E-state index contributed by atoms with van der Waals surface area (Å²) >= 11 is 0. The summed E-state index contributed by atoms with van der Waals surface area (Å²) in [5, 5.41) is 10.7. The molecule has 0 bridgehead atoms. The highest BCUT2D eigenvalue weighted by atomic mass is 28.4. The Labute approximate surface area is 212 Å². The fraction of sp³-hybridized carbons (Fsp3) is 0.571. The van der Waals surface area contributed by atoms with Crippen molar-refractivity contribution in [2.75, 3.05) is 5.73 Å². The molecule has 0 spiro atoms. The number of nitrogens with zero attached hydrogens (tertiary/aromatic N) is 2. The number of carboxylic acid groups (broad SMARTS) is 1. The number of anilines is 1. The number of nitrogen functional groups attached to an aromatic ring is 1. The molecule has 1 aromatic heterocycles. The highest BCUT2D eigenvalue weighted by Crippen LogP contribution is 2.52. The number of likely N-dealkylation sites (tertiary alicyclic amines) is 1. The molecule has 2 aromatic rings. The zero-order valence-electron chi connectivity index (χ0n) is 22.6. The van der Waals surface area contributed by atoms with Gasteiger partial charge >= 0.3 is 6.09 Å². The Bertz CT molecular complexity index is 1010. The highest BCUT2D eigenvalue weighted by molar-refractivity contribution is 6.74. The van der Waals surface area contributed by atoms with Gasteiger partial charge < -0.3 is 15.3 Å². The van der Waals surface area contributed by atoms with E-state index >= 15 is 0 Å². The van der Waals surface area contributed by atoms with Gasteiger partial charge in [0.25, 0.3) is 0 Å². The van der Waals surface area contributed by atoms with E-state index in [-0.39, 0.29) is 22.6 Å². The molecule has 1 aliphatic heterocycles. The zero-order chi connectivity index (χ0) is 26.2. The number of benzene rings is 1. The van der Waals surface area contributed by atoms with Crippen LogP contribution in [0.2, 0.25) is 18.1 Å². The molecule has 6 nitrogen and oxygen atoms in total. The minimum Gasteiger partial charge on any atom is -0.465 e. The zero-order valence-corrected chi connectivity index (χ0v) is 23.6. The molecule has 0 saturated carbocycles. The van der Waals surface area contributed by atoms with Gasteiger partial charge in [0, 0.05) is 6.20 Å². The van der Waals surface area contributed by atoms with Crippen molar-refractivity contribution < 1.29 is 14.3 Å². The third-order valence-electron chi connectivity index (χ3n) is 8.30. The molecule has 1 fully saturated rings. The maximum Gasteiger partial charge on any atom is 0.408 e. The van der Waals surface area contributed by atoms with E-state index < -0.39 is 19.9 Å². The van der Waals surface area contributed by atoms with E-state index in [1.54, 1.807) is 17.2 Å². The number of aromatic nitrogens is 1. The molecule has 1 saturated heterocycles. The molecule has 0 radical (unpaired) electrons. The second kappa shape index (κ2) is 9.58. The van der Waals surface area contributed by atoms with E-state index in [2.05, 4.69) is 71.8 Å². The van der Waals surface area contributed by atoms with Crippen LogP contribution in [0.3, 0.4) is 0 Å². The standard InChI is InChI=1S/C28H43N3O3Si/c1-26(2,3)28(18-20-14-15-23(29)30-19-20)17-16-22(31(28)25(32)33)24(21-12-10-9-11-13-21)34-35(7,8)27(4,5)6/h9-15,19,22,24H,16-18H2,1-8H3,(H2,29,30)(H,32,33)/t22-,24-,28+/m1/s1. The maximum atomic E-state index is 13.1. The molecule has 1 amide bonds. The lowest BCUT2D eigenvalue weighted by Gasteiger charge is -2.50. The van der Waals surface area contributed by atoms with Gasteiger partial charge in [0.05, 0.1) is 17.7 Å². The normalized spacial score (nSPS) is 22.3. The lowest BCUT2D eigenvalue weighted by Crippen LogP contribution is -2.60. The van der Waals surface area contributed by atoms with E-state index in [1.807, 2.05) is 24.3 Å². The largest absolute Gasteiger partial charge is 0.465 e. The van der Waals surface area contributed by atoms with Crippen LogP contribution >= 0.6 is 0 Å². The van der Waals surface area contributed by atoms with Crippen molar-refractivity contribution in [2.24, 2.45) is 5.41 Å². The molecule has 2 heterocycles. The fourth-order valence-corrected chi connectivity index (χ4v) is 6.41. The Hall–Kier alpha value is -2.38. The third-order valence-corrected chi connectivity index (χ3v) is 12.8. The van der Waals surface area contributed by atoms with Crippen molar-refractivity contribution in [1.82, 2.24) is 9.88 Å². The van der Waals surface area contributed by atoms with Gasteiger partial charge in [0.2, 0.25) is 0 Å². The third kappa shape index (κ3) is 5.41. The van der Waals surface area contributed by atoms with Gasteiger partial charge in [-0.2, -0.15) is 0 Å². The predicted molar refractivity (Wildman–Crippen MR) is 145 cm³/mol. The number of hydrogen-bond donors (Lipinski definition) is 2. The number of nitrogens with two attached hydrogens (primary N) is 1. The smallest absolute Gasteiger partial charge is 0.408 e. The molecule has 0 unspecified atom stereocenters. The molecule has 7 heteroatoms. The first-order chi connectivity index (χ1) is 16.1. The molecule has 3 N–H and O–H groups in total. The van der Waals surface area contributed by atoms with Gasteiger partial charge in [0.15, 0.2) is 8.32 Å². The second-order valence-electron chi connectivity index (χ2n) is 12.5. The number of hydrogen-bond acceptors (Lipinski definition) is 4. The average molecular weight is 498 g/mol. The lowest BCUT2D eigenvalue weighted by atomic mass is 9.68. The van der Waals surface area contributed by atoms with Crippen LogP contribution in [0.4, 0.5) is 10.6 Å². The molecule has 3 rings (SSSR count). The second-order valence-corrected chi connectivity index (χ2v) is 17.3. The molecule has 192 valence electrons. The molecule has 1 aromatic carbocycles. The predicted octanol–water partition coefficient (Wildman–Crippen LogP) is 6.90. The van der Waals surface area contributed by atoms with Crippen molar-refractivity contribution in [3.63, 3.8) is 0 Å².